The van der Waals surface area contributed by atoms with E-state index in [9.17, 15) is 8.42 Å². The molecule has 0 bridgehead atoms. The molecule has 3 aliphatic rings. The molecule has 1 aliphatic heterocycles. The lowest BCUT2D eigenvalue weighted by Gasteiger charge is -2.45. The van der Waals surface area contributed by atoms with E-state index in [0.29, 0.717) is 24.8 Å². The average Bonchev–Trinajstić information content (AvgIpc) is 2.41. The van der Waals surface area contributed by atoms with E-state index in [0.717, 1.165) is 32.1 Å². The lowest BCUT2D eigenvalue weighted by atomic mass is 9.87. The van der Waals surface area contributed by atoms with Gasteiger partial charge in [0.1, 0.15) is 0 Å². The molecule has 0 N–H and O–H groups in total. The number of methoxy groups -OCH3 is 1. The summed E-state index contributed by atoms with van der Waals surface area (Å²) in [6.07, 6.45) is 6.18. The van der Waals surface area contributed by atoms with E-state index < -0.39 is 10.0 Å². The Bertz CT molecular complexity index is 434. The molecule has 0 aromatic carbocycles. The molecule has 3 fully saturated rings. The van der Waals surface area contributed by atoms with Gasteiger partial charge in [-0.2, -0.15) is 4.31 Å². The molecule has 116 valence electrons. The molecule has 6 heteroatoms. The number of fused-ring (bicyclic) bond motifs is 1. The summed E-state index contributed by atoms with van der Waals surface area (Å²) < 4.78 is 38.3. The summed E-state index contributed by atoms with van der Waals surface area (Å²) in [7, 11) is -1.44. The second-order valence-corrected chi connectivity index (χ2v) is 8.30. The van der Waals surface area contributed by atoms with Crippen LogP contribution in [0.4, 0.5) is 0 Å². The topological polar surface area (TPSA) is 55.8 Å². The Labute approximate surface area is 121 Å². The van der Waals surface area contributed by atoms with Crippen LogP contribution in [0, 0.1) is 5.92 Å². The Morgan fingerprint density at radius 3 is 2.70 bits per heavy atom. The number of hydrogen-bond donors (Lipinski definition) is 0. The van der Waals surface area contributed by atoms with Gasteiger partial charge >= 0.3 is 0 Å². The van der Waals surface area contributed by atoms with E-state index in [1.807, 2.05) is 0 Å². The van der Waals surface area contributed by atoms with Crippen LogP contribution in [-0.4, -0.2) is 57.0 Å². The van der Waals surface area contributed by atoms with Crippen molar-refractivity contribution in [3.05, 3.63) is 0 Å². The van der Waals surface area contributed by atoms with Crippen LogP contribution in [0.15, 0.2) is 0 Å². The summed E-state index contributed by atoms with van der Waals surface area (Å²) in [5, 5.41) is 0. The zero-order chi connectivity index (χ0) is 14.2. The van der Waals surface area contributed by atoms with Gasteiger partial charge in [-0.05, 0) is 38.0 Å². The maximum absolute atomic E-state index is 12.7. The third kappa shape index (κ3) is 2.89. The van der Waals surface area contributed by atoms with Gasteiger partial charge in [0.05, 0.1) is 30.6 Å². The monoisotopic (exact) mass is 303 g/mol. The minimum Gasteiger partial charge on any atom is -0.381 e. The summed E-state index contributed by atoms with van der Waals surface area (Å²) in [5.41, 5.74) is 0. The summed E-state index contributed by atoms with van der Waals surface area (Å²) >= 11 is 0. The predicted molar refractivity (Wildman–Crippen MR) is 76.0 cm³/mol. The van der Waals surface area contributed by atoms with Crippen molar-refractivity contribution >= 4 is 10.0 Å². The molecule has 2 saturated carbocycles. The largest absolute Gasteiger partial charge is 0.381 e. The second kappa shape index (κ2) is 5.91. The van der Waals surface area contributed by atoms with Crippen molar-refractivity contribution in [2.24, 2.45) is 5.92 Å². The average molecular weight is 303 g/mol. The molecule has 1 saturated heterocycles. The Kier molecular flexibility index (Phi) is 4.36. The molecule has 0 radical (unpaired) electrons. The summed E-state index contributed by atoms with van der Waals surface area (Å²) in [6.45, 7) is 1.04. The first-order valence-corrected chi connectivity index (χ1v) is 9.35. The molecule has 5 nitrogen and oxygen atoms in total. The van der Waals surface area contributed by atoms with Gasteiger partial charge in [0, 0.05) is 13.7 Å². The number of sulfonamides is 1. The molecule has 3 rings (SSSR count). The van der Waals surface area contributed by atoms with Gasteiger partial charge in [-0.1, -0.05) is 6.42 Å². The first-order chi connectivity index (χ1) is 9.60. The van der Waals surface area contributed by atoms with Gasteiger partial charge in [-0.15, -0.1) is 0 Å². The van der Waals surface area contributed by atoms with E-state index >= 15 is 0 Å². The molecule has 20 heavy (non-hydrogen) atoms. The lowest BCUT2D eigenvalue weighted by molar-refractivity contribution is -0.0884. The number of hydrogen-bond acceptors (Lipinski definition) is 4. The Morgan fingerprint density at radius 2 is 2.05 bits per heavy atom. The molecule has 0 aromatic heterocycles. The van der Waals surface area contributed by atoms with Crippen molar-refractivity contribution in [2.75, 3.05) is 26.0 Å². The number of morpholine rings is 1. The van der Waals surface area contributed by atoms with Crippen LogP contribution < -0.4 is 0 Å². The van der Waals surface area contributed by atoms with Gasteiger partial charge in [-0.25, -0.2) is 8.42 Å². The highest BCUT2D eigenvalue weighted by Crippen LogP contribution is 2.34. The summed E-state index contributed by atoms with van der Waals surface area (Å²) in [4.78, 5) is 0. The smallest absolute Gasteiger partial charge is 0.214 e. The highest BCUT2D eigenvalue weighted by atomic mass is 32.2. The first-order valence-electron chi connectivity index (χ1n) is 7.74. The third-order valence-electron chi connectivity index (χ3n) is 5.08. The van der Waals surface area contributed by atoms with E-state index in [4.69, 9.17) is 9.47 Å². The van der Waals surface area contributed by atoms with Crippen molar-refractivity contribution < 1.29 is 17.9 Å². The summed E-state index contributed by atoms with van der Waals surface area (Å²) in [6, 6.07) is -0.0208. The standard InChI is InChI=1S/C14H25NO4S/c1-18-12-5-6-14-13(9-12)15(7-8-19-14)20(16,17)10-11-3-2-4-11/h11-14H,2-10H2,1H3. The highest BCUT2D eigenvalue weighted by molar-refractivity contribution is 7.89. The Morgan fingerprint density at radius 1 is 1.25 bits per heavy atom. The molecular formula is C14H25NO4S. The first kappa shape index (κ1) is 14.8. The van der Waals surface area contributed by atoms with E-state index in [2.05, 4.69) is 0 Å². The zero-order valence-electron chi connectivity index (χ0n) is 12.2. The number of ether oxygens (including phenoxy) is 2. The van der Waals surface area contributed by atoms with Crippen molar-refractivity contribution in [1.29, 1.82) is 0 Å². The molecular weight excluding hydrogens is 278 g/mol. The van der Waals surface area contributed by atoms with Crippen molar-refractivity contribution in [2.45, 2.75) is 56.8 Å². The van der Waals surface area contributed by atoms with Gasteiger partial charge in [0.15, 0.2) is 0 Å². The van der Waals surface area contributed by atoms with Gasteiger partial charge in [-0.3, -0.25) is 0 Å². The van der Waals surface area contributed by atoms with Gasteiger partial charge in [0.25, 0.3) is 0 Å². The quantitative estimate of drug-likeness (QED) is 0.787. The molecule has 2 aliphatic carbocycles. The Balaban J connectivity index is 1.72. The van der Waals surface area contributed by atoms with Crippen LogP contribution in [0.1, 0.15) is 38.5 Å². The van der Waals surface area contributed by atoms with Gasteiger partial charge in [0.2, 0.25) is 10.0 Å². The van der Waals surface area contributed by atoms with Crippen molar-refractivity contribution in [1.82, 2.24) is 4.31 Å². The van der Waals surface area contributed by atoms with Crippen LogP contribution in [0.5, 0.6) is 0 Å². The van der Waals surface area contributed by atoms with Crippen molar-refractivity contribution in [3.8, 4) is 0 Å². The van der Waals surface area contributed by atoms with E-state index in [-0.39, 0.29) is 18.2 Å². The Hall–Kier alpha value is -0.170. The molecule has 3 unspecified atom stereocenters. The van der Waals surface area contributed by atoms with Gasteiger partial charge < -0.3 is 9.47 Å². The minimum atomic E-state index is -3.15. The number of rotatable bonds is 4. The SMILES string of the molecule is COC1CCC2OCCN(S(=O)(=O)CC3CCC3)C2C1. The molecule has 0 aromatic rings. The fourth-order valence-corrected chi connectivity index (χ4v) is 5.76. The summed E-state index contributed by atoms with van der Waals surface area (Å²) in [5.74, 6) is 0.705. The maximum Gasteiger partial charge on any atom is 0.214 e. The van der Waals surface area contributed by atoms with Crippen LogP contribution in [0.25, 0.3) is 0 Å². The van der Waals surface area contributed by atoms with Crippen LogP contribution in [-0.2, 0) is 19.5 Å². The molecule has 0 amide bonds. The number of nitrogens with zero attached hydrogens (tertiary/aromatic N) is 1. The maximum atomic E-state index is 12.7. The molecule has 1 heterocycles. The zero-order valence-corrected chi connectivity index (χ0v) is 13.0. The van der Waals surface area contributed by atoms with E-state index in [1.165, 1.54) is 6.42 Å². The van der Waals surface area contributed by atoms with Crippen LogP contribution >= 0.6 is 0 Å². The fraction of sp³-hybridized carbons (Fsp3) is 1.00. The second-order valence-electron chi connectivity index (χ2n) is 6.33. The minimum absolute atomic E-state index is 0.0208. The predicted octanol–water partition coefficient (Wildman–Crippen LogP) is 1.38. The lowest BCUT2D eigenvalue weighted by Crippen LogP contribution is -2.57. The normalized spacial score (nSPS) is 36.4. The third-order valence-corrected chi connectivity index (χ3v) is 7.14. The highest BCUT2D eigenvalue weighted by Gasteiger charge is 2.43. The van der Waals surface area contributed by atoms with Crippen molar-refractivity contribution in [3.63, 3.8) is 0 Å². The van der Waals surface area contributed by atoms with Crippen LogP contribution in [0.3, 0.4) is 0 Å². The fourth-order valence-electron chi connectivity index (χ4n) is 3.65. The van der Waals surface area contributed by atoms with Crippen LogP contribution in [0.2, 0.25) is 0 Å². The van der Waals surface area contributed by atoms with E-state index in [1.54, 1.807) is 11.4 Å². The molecule has 0 spiro atoms. The molecule has 3 atom stereocenters.